The van der Waals surface area contributed by atoms with Gasteiger partial charge in [-0.3, -0.25) is 4.79 Å². The van der Waals surface area contributed by atoms with Gasteiger partial charge in [0.2, 0.25) is 0 Å². The first-order valence-electron chi connectivity index (χ1n) is 9.82. The van der Waals surface area contributed by atoms with Crippen molar-refractivity contribution in [3.05, 3.63) is 81.3 Å². The number of hydrogen-bond donors (Lipinski definition) is 1. The Morgan fingerprint density at radius 3 is 2.45 bits per heavy atom. The molecule has 3 aromatic carbocycles. The van der Waals surface area contributed by atoms with Gasteiger partial charge in [0.05, 0.1) is 24.9 Å². The summed E-state index contributed by atoms with van der Waals surface area (Å²) < 4.78 is 22.5. The van der Waals surface area contributed by atoms with E-state index >= 15 is 0 Å². The molecule has 172 valence electrons. The van der Waals surface area contributed by atoms with E-state index in [0.29, 0.717) is 38.1 Å². The molecule has 0 saturated heterocycles. The van der Waals surface area contributed by atoms with Crippen LogP contribution in [0.25, 0.3) is 0 Å². The van der Waals surface area contributed by atoms with Gasteiger partial charge in [0.1, 0.15) is 18.1 Å². The van der Waals surface area contributed by atoms with Crippen LogP contribution in [0.15, 0.2) is 70.2 Å². The highest BCUT2D eigenvalue weighted by Crippen LogP contribution is 2.37. The summed E-state index contributed by atoms with van der Waals surface area (Å²) in [5, 5.41) is 4.60. The Morgan fingerprint density at radius 2 is 1.76 bits per heavy atom. The average molecular weight is 534 g/mol. The van der Waals surface area contributed by atoms with Gasteiger partial charge in [0, 0.05) is 10.6 Å². The third kappa shape index (κ3) is 7.13. The second kappa shape index (κ2) is 12.1. The van der Waals surface area contributed by atoms with Crippen molar-refractivity contribution < 1.29 is 23.7 Å². The van der Waals surface area contributed by atoms with Crippen LogP contribution in [0, 0.1) is 0 Å². The maximum absolute atomic E-state index is 12.0. The number of halogens is 2. The molecule has 33 heavy (non-hydrogen) atoms. The highest BCUT2D eigenvalue weighted by atomic mass is 79.9. The van der Waals surface area contributed by atoms with Crippen molar-refractivity contribution in [1.29, 1.82) is 0 Å². The molecule has 0 heterocycles. The highest BCUT2D eigenvalue weighted by Gasteiger charge is 2.12. The zero-order chi connectivity index (χ0) is 23.6. The summed E-state index contributed by atoms with van der Waals surface area (Å²) >= 11 is 9.69. The molecule has 9 heteroatoms. The zero-order valence-electron chi connectivity index (χ0n) is 18.0. The predicted molar refractivity (Wildman–Crippen MR) is 131 cm³/mol. The quantitative estimate of drug-likeness (QED) is 0.285. The minimum Gasteiger partial charge on any atom is -0.497 e. The maximum atomic E-state index is 12.0. The van der Waals surface area contributed by atoms with Gasteiger partial charge < -0.3 is 18.9 Å². The van der Waals surface area contributed by atoms with Crippen molar-refractivity contribution in [2.75, 3.05) is 20.8 Å². The monoisotopic (exact) mass is 532 g/mol. The molecular weight excluding hydrogens is 512 g/mol. The van der Waals surface area contributed by atoms with Crippen LogP contribution in [0.1, 0.15) is 11.1 Å². The van der Waals surface area contributed by atoms with E-state index in [1.165, 1.54) is 6.21 Å². The lowest BCUT2D eigenvalue weighted by Gasteiger charge is -2.14. The van der Waals surface area contributed by atoms with Crippen molar-refractivity contribution in [1.82, 2.24) is 5.43 Å². The molecule has 1 amide bonds. The normalized spacial score (nSPS) is 10.7. The number of nitrogens with one attached hydrogen (secondary N) is 1. The van der Waals surface area contributed by atoms with E-state index < -0.39 is 5.91 Å². The Kier molecular flexibility index (Phi) is 8.97. The Labute approximate surface area is 205 Å². The van der Waals surface area contributed by atoms with Gasteiger partial charge in [-0.15, -0.1) is 0 Å². The first kappa shape index (κ1) is 24.4. The van der Waals surface area contributed by atoms with E-state index in [4.69, 9.17) is 30.5 Å². The largest absolute Gasteiger partial charge is 0.497 e. The SMILES string of the molecule is COc1ccc(OCC(=O)N/N=C/c2cc(Br)c(OCc3ccccc3Cl)c(OC)c2)cc1. The summed E-state index contributed by atoms with van der Waals surface area (Å²) in [7, 11) is 3.13. The van der Waals surface area contributed by atoms with Gasteiger partial charge in [0.25, 0.3) is 5.91 Å². The van der Waals surface area contributed by atoms with Crippen LogP contribution < -0.4 is 24.4 Å². The number of ether oxygens (including phenoxy) is 4. The first-order chi connectivity index (χ1) is 16.0. The highest BCUT2D eigenvalue weighted by molar-refractivity contribution is 9.10. The van der Waals surface area contributed by atoms with Crippen molar-refractivity contribution in [2.24, 2.45) is 5.10 Å². The molecule has 0 radical (unpaired) electrons. The lowest BCUT2D eigenvalue weighted by atomic mass is 10.2. The molecule has 0 saturated carbocycles. The number of benzene rings is 3. The fourth-order valence-electron chi connectivity index (χ4n) is 2.75. The summed E-state index contributed by atoms with van der Waals surface area (Å²) in [5.41, 5.74) is 3.98. The predicted octanol–water partition coefficient (Wildman–Crippen LogP) is 5.23. The van der Waals surface area contributed by atoms with Crippen molar-refractivity contribution in [3.63, 3.8) is 0 Å². The molecule has 0 aliphatic carbocycles. The minimum absolute atomic E-state index is 0.175. The van der Waals surface area contributed by atoms with Crippen LogP contribution in [0.3, 0.4) is 0 Å². The Bertz CT molecular complexity index is 1120. The minimum atomic E-state index is -0.396. The van der Waals surface area contributed by atoms with Crippen LogP contribution >= 0.6 is 27.5 Å². The lowest BCUT2D eigenvalue weighted by Crippen LogP contribution is -2.24. The zero-order valence-corrected chi connectivity index (χ0v) is 20.4. The van der Waals surface area contributed by atoms with Gasteiger partial charge in [-0.2, -0.15) is 5.10 Å². The van der Waals surface area contributed by atoms with E-state index in [0.717, 1.165) is 5.56 Å². The maximum Gasteiger partial charge on any atom is 0.277 e. The number of hydrazone groups is 1. The van der Waals surface area contributed by atoms with E-state index in [9.17, 15) is 4.79 Å². The Hall–Kier alpha value is -3.23. The summed E-state index contributed by atoms with van der Waals surface area (Å²) in [6, 6.07) is 17.9. The van der Waals surface area contributed by atoms with Crippen LogP contribution in [0.2, 0.25) is 5.02 Å². The van der Waals surface area contributed by atoms with E-state index in [-0.39, 0.29) is 13.2 Å². The molecule has 0 aromatic heterocycles. The second-order valence-corrected chi connectivity index (χ2v) is 7.93. The van der Waals surface area contributed by atoms with E-state index in [1.807, 2.05) is 24.3 Å². The topological polar surface area (TPSA) is 78.4 Å². The van der Waals surface area contributed by atoms with Crippen LogP contribution in [0.4, 0.5) is 0 Å². The second-order valence-electron chi connectivity index (χ2n) is 6.67. The van der Waals surface area contributed by atoms with Gasteiger partial charge >= 0.3 is 0 Å². The molecule has 0 bridgehead atoms. The first-order valence-corrected chi connectivity index (χ1v) is 11.0. The molecule has 0 aliphatic rings. The van der Waals surface area contributed by atoms with Crippen molar-refractivity contribution in [3.8, 4) is 23.0 Å². The standard InChI is InChI=1S/C24H22BrClN2O5/c1-30-18-7-9-19(10-8-18)32-15-23(29)28-27-13-16-11-20(25)24(22(12-16)31-2)33-14-17-5-3-4-6-21(17)26/h3-13H,14-15H2,1-2H3,(H,28,29)/b27-13+. The van der Waals surface area contributed by atoms with Gasteiger partial charge in [-0.25, -0.2) is 5.43 Å². The summed E-state index contributed by atoms with van der Waals surface area (Å²) in [6.07, 6.45) is 1.50. The molecule has 0 atom stereocenters. The molecule has 3 aromatic rings. The molecule has 0 fully saturated rings. The third-order valence-corrected chi connectivity index (χ3v) is 5.37. The average Bonchev–Trinajstić information content (AvgIpc) is 2.83. The molecule has 1 N–H and O–H groups in total. The number of hydrogen-bond acceptors (Lipinski definition) is 6. The van der Waals surface area contributed by atoms with Crippen molar-refractivity contribution >= 4 is 39.7 Å². The number of rotatable bonds is 10. The Morgan fingerprint density at radius 1 is 1.03 bits per heavy atom. The van der Waals surface area contributed by atoms with Gasteiger partial charge in [-0.1, -0.05) is 29.8 Å². The number of carbonyl (C=O) groups is 1. The number of methoxy groups -OCH3 is 2. The van der Waals surface area contributed by atoms with Crippen molar-refractivity contribution in [2.45, 2.75) is 6.61 Å². The molecule has 0 aliphatic heterocycles. The van der Waals surface area contributed by atoms with Crippen LogP contribution in [0.5, 0.6) is 23.0 Å². The molecule has 0 unspecified atom stereocenters. The summed E-state index contributed by atoms with van der Waals surface area (Å²) in [6.45, 7) is 0.109. The van der Waals surface area contributed by atoms with Gasteiger partial charge in [0.15, 0.2) is 18.1 Å². The summed E-state index contributed by atoms with van der Waals surface area (Å²) in [5.74, 6) is 1.90. The van der Waals surface area contributed by atoms with E-state index in [2.05, 4.69) is 26.5 Å². The number of nitrogens with zero attached hydrogens (tertiary/aromatic N) is 1. The molecular formula is C24H22BrClN2O5. The molecule has 7 nitrogen and oxygen atoms in total. The molecule has 0 spiro atoms. The fraction of sp³-hybridized carbons (Fsp3) is 0.167. The molecule has 3 rings (SSSR count). The van der Waals surface area contributed by atoms with Crippen LogP contribution in [-0.4, -0.2) is 32.9 Å². The number of amides is 1. The Balaban J connectivity index is 1.57. The van der Waals surface area contributed by atoms with Crippen LogP contribution in [-0.2, 0) is 11.4 Å². The van der Waals surface area contributed by atoms with Gasteiger partial charge in [-0.05, 0) is 64.0 Å². The lowest BCUT2D eigenvalue weighted by molar-refractivity contribution is -0.123. The van der Waals surface area contributed by atoms with E-state index in [1.54, 1.807) is 50.6 Å². The fourth-order valence-corrected chi connectivity index (χ4v) is 3.52. The third-order valence-electron chi connectivity index (χ3n) is 4.41. The smallest absolute Gasteiger partial charge is 0.277 e. The number of carbonyl (C=O) groups excluding carboxylic acids is 1. The summed E-state index contributed by atoms with van der Waals surface area (Å²) in [4.78, 5) is 12.0.